The second kappa shape index (κ2) is 10.7. The van der Waals surface area contributed by atoms with E-state index in [0.717, 1.165) is 11.1 Å². The molecule has 0 spiro atoms. The maximum Gasteiger partial charge on any atom is 0.270 e. The molecule has 39 heavy (non-hydrogen) atoms. The van der Waals surface area contributed by atoms with Crippen LogP contribution in [0.3, 0.4) is 0 Å². The number of nitrogens with zero attached hydrogens (tertiary/aromatic N) is 1. The number of rotatable bonds is 5. The van der Waals surface area contributed by atoms with E-state index in [1.54, 1.807) is 37.5 Å². The summed E-state index contributed by atoms with van der Waals surface area (Å²) < 4.78 is 11.7. The van der Waals surface area contributed by atoms with Crippen LogP contribution in [0.15, 0.2) is 72.3 Å². The van der Waals surface area contributed by atoms with Gasteiger partial charge in [-0.05, 0) is 77.2 Å². The number of anilines is 1. The molecule has 7 heteroatoms. The minimum atomic E-state index is -0.550. The van der Waals surface area contributed by atoms with E-state index < -0.39 is 11.8 Å². The van der Waals surface area contributed by atoms with Gasteiger partial charge in [0.1, 0.15) is 22.8 Å². The summed E-state index contributed by atoms with van der Waals surface area (Å²) in [5.74, 6) is 0.879. The fourth-order valence-corrected chi connectivity index (χ4v) is 4.59. The number of hydrogen-bond donors (Lipinski definition) is 1. The smallest absolute Gasteiger partial charge is 0.270 e. The summed E-state index contributed by atoms with van der Waals surface area (Å²) in [6.45, 7) is 12.7. The topological polar surface area (TPSA) is 67.9 Å². The van der Waals surface area contributed by atoms with Gasteiger partial charge in [0.05, 0.1) is 12.8 Å². The van der Waals surface area contributed by atoms with E-state index >= 15 is 0 Å². The lowest BCUT2D eigenvalue weighted by Crippen LogP contribution is -2.54. The van der Waals surface area contributed by atoms with Crippen molar-refractivity contribution >= 4 is 40.9 Å². The first-order chi connectivity index (χ1) is 18.3. The molecule has 0 saturated carbocycles. The fraction of sp³-hybridized carbons (Fsp3) is 0.281. The highest BCUT2D eigenvalue weighted by atomic mass is 32.1. The van der Waals surface area contributed by atoms with Crippen LogP contribution in [0.2, 0.25) is 0 Å². The SMILES string of the molecule is COc1c(/C=C2\C(=O)NC(=S)N(c3ccc(Oc4ccccc4)cc3)C2=O)cc(C(C)(C)C)cc1C(C)(C)C. The van der Waals surface area contributed by atoms with Gasteiger partial charge < -0.3 is 9.47 Å². The van der Waals surface area contributed by atoms with Crippen molar-refractivity contribution in [3.8, 4) is 17.2 Å². The van der Waals surface area contributed by atoms with E-state index in [4.69, 9.17) is 21.7 Å². The number of hydrogen-bond acceptors (Lipinski definition) is 5. The lowest BCUT2D eigenvalue weighted by Gasteiger charge is -2.30. The summed E-state index contributed by atoms with van der Waals surface area (Å²) in [4.78, 5) is 28.1. The van der Waals surface area contributed by atoms with Crippen LogP contribution in [-0.2, 0) is 20.4 Å². The quantitative estimate of drug-likeness (QED) is 0.215. The molecule has 2 amide bonds. The maximum atomic E-state index is 13.7. The Bertz CT molecular complexity index is 1450. The van der Waals surface area contributed by atoms with Gasteiger partial charge in [0.15, 0.2) is 5.11 Å². The van der Waals surface area contributed by atoms with Gasteiger partial charge in [0.2, 0.25) is 0 Å². The third-order valence-corrected chi connectivity index (χ3v) is 6.76. The predicted molar refractivity (Wildman–Crippen MR) is 160 cm³/mol. The molecule has 0 unspecified atom stereocenters. The highest BCUT2D eigenvalue weighted by Gasteiger charge is 2.35. The molecular weight excluding hydrogens is 508 g/mol. The van der Waals surface area contributed by atoms with E-state index in [0.29, 0.717) is 28.5 Å². The number of carbonyl (C=O) groups is 2. The van der Waals surface area contributed by atoms with Crippen LogP contribution in [0.1, 0.15) is 58.2 Å². The Labute approximate surface area is 235 Å². The minimum Gasteiger partial charge on any atom is -0.496 e. The van der Waals surface area contributed by atoms with Gasteiger partial charge in [0.25, 0.3) is 11.8 Å². The summed E-state index contributed by atoms with van der Waals surface area (Å²) in [7, 11) is 1.60. The predicted octanol–water partition coefficient (Wildman–Crippen LogP) is 6.91. The third-order valence-electron chi connectivity index (χ3n) is 6.47. The average molecular weight is 543 g/mol. The Morgan fingerprint density at radius 3 is 2.03 bits per heavy atom. The standard InChI is InChI=1S/C32H34N2O4S/c1-31(2,3)21-17-20(27(37-7)26(19-21)32(4,5)6)18-25-28(35)33-30(39)34(29(25)36)22-13-15-24(16-14-22)38-23-11-9-8-10-12-23/h8-19H,1-7H3,(H,33,35,39)/b25-18+. The second-order valence-electron chi connectivity index (χ2n) is 11.5. The minimum absolute atomic E-state index is 0.0182. The molecule has 0 aliphatic carbocycles. The molecule has 1 aliphatic rings. The number of benzene rings is 3. The van der Waals surface area contributed by atoms with Gasteiger partial charge in [-0.1, -0.05) is 65.8 Å². The molecule has 4 rings (SSSR count). The number of thiocarbonyl (C=S) groups is 1. The molecule has 0 bridgehead atoms. The Morgan fingerprint density at radius 1 is 0.846 bits per heavy atom. The summed E-state index contributed by atoms with van der Waals surface area (Å²) in [5.41, 5.74) is 2.83. The Hall–Kier alpha value is -3.97. The van der Waals surface area contributed by atoms with Crippen molar-refractivity contribution < 1.29 is 19.1 Å². The van der Waals surface area contributed by atoms with Crippen molar-refractivity contribution in [2.24, 2.45) is 0 Å². The van der Waals surface area contributed by atoms with Gasteiger partial charge in [-0.2, -0.15) is 0 Å². The monoisotopic (exact) mass is 542 g/mol. The van der Waals surface area contributed by atoms with Gasteiger partial charge in [-0.15, -0.1) is 0 Å². The summed E-state index contributed by atoms with van der Waals surface area (Å²) in [6.07, 6.45) is 1.60. The van der Waals surface area contributed by atoms with Crippen molar-refractivity contribution in [3.63, 3.8) is 0 Å². The number of nitrogens with one attached hydrogen (secondary N) is 1. The number of para-hydroxylation sites is 1. The van der Waals surface area contributed by atoms with Crippen LogP contribution in [0.25, 0.3) is 6.08 Å². The number of methoxy groups -OCH3 is 1. The summed E-state index contributed by atoms with van der Waals surface area (Å²) in [6, 6.07) is 20.5. The molecule has 3 aromatic carbocycles. The van der Waals surface area contributed by atoms with Crippen LogP contribution >= 0.6 is 12.2 Å². The Balaban J connectivity index is 1.74. The Morgan fingerprint density at radius 2 is 1.46 bits per heavy atom. The number of amides is 2. The molecule has 0 atom stereocenters. The Kier molecular flexibility index (Phi) is 7.66. The zero-order valence-electron chi connectivity index (χ0n) is 23.4. The van der Waals surface area contributed by atoms with Crippen LogP contribution < -0.4 is 19.7 Å². The first kappa shape index (κ1) is 28.0. The average Bonchev–Trinajstić information content (AvgIpc) is 2.86. The molecule has 3 aromatic rings. The zero-order valence-corrected chi connectivity index (χ0v) is 24.2. The van der Waals surface area contributed by atoms with Crippen LogP contribution in [-0.4, -0.2) is 24.0 Å². The van der Waals surface area contributed by atoms with Crippen molar-refractivity contribution in [1.82, 2.24) is 5.32 Å². The first-order valence-electron chi connectivity index (χ1n) is 12.8. The van der Waals surface area contributed by atoms with Crippen LogP contribution in [0.5, 0.6) is 17.2 Å². The first-order valence-corrected chi connectivity index (χ1v) is 13.2. The maximum absolute atomic E-state index is 13.7. The van der Waals surface area contributed by atoms with Gasteiger partial charge in [-0.25, -0.2) is 0 Å². The van der Waals surface area contributed by atoms with E-state index in [9.17, 15) is 9.59 Å². The summed E-state index contributed by atoms with van der Waals surface area (Å²) >= 11 is 5.40. The van der Waals surface area contributed by atoms with E-state index in [2.05, 4.69) is 52.9 Å². The molecule has 0 aromatic heterocycles. The van der Waals surface area contributed by atoms with E-state index in [1.165, 1.54) is 4.90 Å². The highest BCUT2D eigenvalue weighted by molar-refractivity contribution is 7.80. The van der Waals surface area contributed by atoms with E-state index in [-0.39, 0.29) is 21.5 Å². The molecule has 202 valence electrons. The number of ether oxygens (including phenoxy) is 2. The molecule has 0 radical (unpaired) electrons. The van der Waals surface area contributed by atoms with Crippen LogP contribution in [0, 0.1) is 0 Å². The van der Waals surface area contributed by atoms with Gasteiger partial charge >= 0.3 is 0 Å². The van der Waals surface area contributed by atoms with Crippen LogP contribution in [0.4, 0.5) is 5.69 Å². The second-order valence-corrected chi connectivity index (χ2v) is 11.9. The summed E-state index contributed by atoms with van der Waals surface area (Å²) in [5, 5.41) is 2.69. The molecule has 1 N–H and O–H groups in total. The highest BCUT2D eigenvalue weighted by Crippen LogP contribution is 2.39. The normalized spacial score (nSPS) is 15.4. The zero-order chi connectivity index (χ0) is 28.5. The molecule has 1 fully saturated rings. The molecule has 1 heterocycles. The number of carbonyl (C=O) groups excluding carboxylic acids is 2. The van der Waals surface area contributed by atoms with E-state index in [1.807, 2.05) is 36.4 Å². The molecule has 6 nitrogen and oxygen atoms in total. The van der Waals surface area contributed by atoms with Crippen molar-refractivity contribution in [1.29, 1.82) is 0 Å². The molecular formula is C32H34N2O4S. The lowest BCUT2D eigenvalue weighted by atomic mass is 9.78. The van der Waals surface area contributed by atoms with Crippen molar-refractivity contribution in [3.05, 3.63) is 89.0 Å². The van der Waals surface area contributed by atoms with Crippen molar-refractivity contribution in [2.75, 3.05) is 12.0 Å². The fourth-order valence-electron chi connectivity index (χ4n) is 4.31. The molecule has 1 aliphatic heterocycles. The van der Waals surface area contributed by atoms with Crippen molar-refractivity contribution in [2.45, 2.75) is 52.4 Å². The van der Waals surface area contributed by atoms with Gasteiger partial charge in [-0.3, -0.25) is 19.8 Å². The largest absolute Gasteiger partial charge is 0.496 e. The third kappa shape index (κ3) is 6.04. The lowest BCUT2D eigenvalue weighted by molar-refractivity contribution is -0.122. The van der Waals surface area contributed by atoms with Gasteiger partial charge in [0, 0.05) is 11.1 Å². The molecule has 1 saturated heterocycles.